The van der Waals surface area contributed by atoms with Crippen LogP contribution in [0.25, 0.3) is 10.8 Å². The molecule has 3 aliphatic rings. The highest BCUT2D eigenvalue weighted by molar-refractivity contribution is 6.31. The molecule has 1 spiro atoms. The molecule has 6 rings (SSSR count). The first kappa shape index (κ1) is 21.4. The summed E-state index contributed by atoms with van der Waals surface area (Å²) in [5, 5.41) is 5.82. The molecular formula is C27H26ClN3O3. The Morgan fingerprint density at radius 1 is 1.03 bits per heavy atom. The second-order valence-corrected chi connectivity index (χ2v) is 9.70. The number of likely N-dealkylation sites (tertiary alicyclic amines) is 1. The Morgan fingerprint density at radius 2 is 1.82 bits per heavy atom. The quantitative estimate of drug-likeness (QED) is 0.540. The summed E-state index contributed by atoms with van der Waals surface area (Å²) >= 11 is 6.28. The second kappa shape index (κ2) is 8.29. The minimum Gasteiger partial charge on any atom is -0.378 e. The zero-order chi connectivity index (χ0) is 23.3. The highest BCUT2D eigenvalue weighted by Gasteiger charge is 2.57. The fourth-order valence-corrected chi connectivity index (χ4v) is 6.18. The summed E-state index contributed by atoms with van der Waals surface area (Å²) in [6, 6.07) is 19.5. The molecule has 0 radical (unpaired) electrons. The van der Waals surface area contributed by atoms with Crippen molar-refractivity contribution in [2.75, 3.05) is 38.2 Å². The maximum absolute atomic E-state index is 13.9. The molecular weight excluding hydrogens is 450 g/mol. The Labute approximate surface area is 203 Å². The van der Waals surface area contributed by atoms with Crippen LogP contribution in [0, 0.1) is 0 Å². The number of hydrogen-bond donors (Lipinski definition) is 1. The van der Waals surface area contributed by atoms with Gasteiger partial charge in [0, 0.05) is 30.3 Å². The molecule has 0 aromatic heterocycles. The molecule has 0 bridgehead atoms. The van der Waals surface area contributed by atoms with E-state index in [-0.39, 0.29) is 11.9 Å². The van der Waals surface area contributed by atoms with E-state index in [4.69, 9.17) is 16.3 Å². The molecule has 2 atom stereocenters. The van der Waals surface area contributed by atoms with Crippen molar-refractivity contribution in [3.63, 3.8) is 0 Å². The Hall–Kier alpha value is -3.09. The van der Waals surface area contributed by atoms with Gasteiger partial charge in [-0.05, 0) is 46.9 Å². The van der Waals surface area contributed by atoms with Crippen LogP contribution in [0.4, 0.5) is 10.5 Å². The zero-order valence-electron chi connectivity index (χ0n) is 18.8. The van der Waals surface area contributed by atoms with Crippen LogP contribution in [0.3, 0.4) is 0 Å². The Bertz CT molecular complexity index is 1280. The lowest BCUT2D eigenvalue weighted by Crippen LogP contribution is -2.58. The molecule has 0 saturated carbocycles. The van der Waals surface area contributed by atoms with Gasteiger partial charge in [-0.2, -0.15) is 0 Å². The molecule has 174 valence electrons. The van der Waals surface area contributed by atoms with Gasteiger partial charge in [-0.1, -0.05) is 60.1 Å². The lowest BCUT2D eigenvalue weighted by atomic mass is 9.66. The van der Waals surface area contributed by atoms with Gasteiger partial charge in [-0.3, -0.25) is 4.79 Å². The molecule has 34 heavy (non-hydrogen) atoms. The van der Waals surface area contributed by atoms with Crippen LogP contribution >= 0.6 is 11.6 Å². The summed E-state index contributed by atoms with van der Waals surface area (Å²) in [7, 11) is 0. The number of urea groups is 1. The van der Waals surface area contributed by atoms with Crippen molar-refractivity contribution >= 4 is 40.0 Å². The Balaban J connectivity index is 1.57. The third-order valence-electron chi connectivity index (χ3n) is 7.51. The maximum Gasteiger partial charge on any atom is 0.320 e. The fraction of sp³-hybridized carbons (Fsp3) is 0.333. The van der Waals surface area contributed by atoms with Crippen molar-refractivity contribution in [2.45, 2.75) is 24.3 Å². The number of halogens is 1. The molecule has 3 heterocycles. The van der Waals surface area contributed by atoms with Gasteiger partial charge >= 0.3 is 6.03 Å². The van der Waals surface area contributed by atoms with E-state index in [1.54, 1.807) is 0 Å². The average Bonchev–Trinajstić information content (AvgIpc) is 3.14. The average molecular weight is 476 g/mol. The highest BCUT2D eigenvalue weighted by atomic mass is 35.5. The van der Waals surface area contributed by atoms with Crippen LogP contribution in [-0.2, 0) is 14.9 Å². The van der Waals surface area contributed by atoms with Crippen LogP contribution < -0.4 is 5.32 Å². The third-order valence-corrected chi connectivity index (χ3v) is 7.74. The lowest BCUT2D eigenvalue weighted by Gasteiger charge is -2.49. The molecule has 3 aliphatic heterocycles. The smallest absolute Gasteiger partial charge is 0.320 e. The molecule has 7 heteroatoms. The van der Waals surface area contributed by atoms with E-state index in [9.17, 15) is 9.59 Å². The van der Waals surface area contributed by atoms with Gasteiger partial charge < -0.3 is 19.9 Å². The van der Waals surface area contributed by atoms with Gasteiger partial charge in [0.05, 0.1) is 19.3 Å². The summed E-state index contributed by atoms with van der Waals surface area (Å²) in [6.45, 7) is 2.78. The third kappa shape index (κ3) is 3.20. The number of carbonyl (C=O) groups excluding carboxylic acids is 2. The van der Waals surface area contributed by atoms with Crippen molar-refractivity contribution in [1.29, 1.82) is 0 Å². The van der Waals surface area contributed by atoms with E-state index in [1.165, 1.54) is 0 Å². The van der Waals surface area contributed by atoms with Crippen molar-refractivity contribution < 1.29 is 14.3 Å². The molecule has 3 amide bonds. The highest BCUT2D eigenvalue weighted by Crippen LogP contribution is 2.55. The number of benzene rings is 3. The van der Waals surface area contributed by atoms with E-state index in [0.29, 0.717) is 44.3 Å². The van der Waals surface area contributed by atoms with Gasteiger partial charge in [0.1, 0.15) is 5.41 Å². The number of fused-ring (bicyclic) bond motifs is 3. The van der Waals surface area contributed by atoms with Crippen molar-refractivity contribution in [3.05, 3.63) is 76.8 Å². The number of anilines is 1. The molecule has 1 N–H and O–H groups in total. The monoisotopic (exact) mass is 475 g/mol. The van der Waals surface area contributed by atoms with E-state index >= 15 is 0 Å². The molecule has 3 aromatic rings. The number of ether oxygens (including phenoxy) is 1. The molecule has 2 fully saturated rings. The SMILES string of the molecule is O=C(N1CCOCC1)N1CCC[C@]2(C(=O)Nc3cc(Cl)ccc32)[C@H]1c1cccc2ccccc12. The van der Waals surface area contributed by atoms with Crippen LogP contribution in [0.5, 0.6) is 0 Å². The van der Waals surface area contributed by atoms with E-state index < -0.39 is 11.5 Å². The summed E-state index contributed by atoms with van der Waals surface area (Å²) in [6.07, 6.45) is 1.40. The zero-order valence-corrected chi connectivity index (χ0v) is 19.6. The summed E-state index contributed by atoms with van der Waals surface area (Å²) in [4.78, 5) is 31.6. The minimum atomic E-state index is -0.885. The van der Waals surface area contributed by atoms with E-state index in [1.807, 2.05) is 46.2 Å². The molecule has 0 unspecified atom stereocenters. The molecule has 3 aromatic carbocycles. The number of piperidine rings is 1. The van der Waals surface area contributed by atoms with Crippen LogP contribution in [0.15, 0.2) is 60.7 Å². The van der Waals surface area contributed by atoms with Gasteiger partial charge in [0.15, 0.2) is 0 Å². The number of nitrogens with zero attached hydrogens (tertiary/aromatic N) is 2. The van der Waals surface area contributed by atoms with Crippen molar-refractivity contribution in [2.24, 2.45) is 0 Å². The summed E-state index contributed by atoms with van der Waals surface area (Å²) in [5.41, 5.74) is 1.77. The van der Waals surface area contributed by atoms with Gasteiger partial charge in [0.2, 0.25) is 5.91 Å². The van der Waals surface area contributed by atoms with Gasteiger partial charge in [-0.25, -0.2) is 4.79 Å². The largest absolute Gasteiger partial charge is 0.378 e. The van der Waals surface area contributed by atoms with Crippen LogP contribution in [-0.4, -0.2) is 54.6 Å². The Kier molecular flexibility index (Phi) is 5.23. The number of carbonyl (C=O) groups is 2. The first-order valence-corrected chi connectivity index (χ1v) is 12.2. The predicted molar refractivity (Wildman–Crippen MR) is 132 cm³/mol. The van der Waals surface area contributed by atoms with Gasteiger partial charge in [-0.15, -0.1) is 0 Å². The second-order valence-electron chi connectivity index (χ2n) is 9.27. The van der Waals surface area contributed by atoms with E-state index in [2.05, 4.69) is 29.6 Å². The summed E-state index contributed by atoms with van der Waals surface area (Å²) < 4.78 is 5.49. The number of morpholine rings is 1. The topological polar surface area (TPSA) is 61.9 Å². The standard InChI is InChI=1S/C27H26ClN3O3/c28-19-9-10-22-23(17-19)29-25(32)27(22)11-4-12-31(26(33)30-13-15-34-16-14-30)24(27)21-8-3-6-18-5-1-2-7-20(18)21/h1-3,5-10,17,24H,4,11-16H2,(H,29,32)/t24-,27-/m1/s1. The van der Waals surface area contributed by atoms with E-state index in [0.717, 1.165) is 34.0 Å². The number of amides is 3. The summed E-state index contributed by atoms with van der Waals surface area (Å²) in [5.74, 6) is -0.0674. The predicted octanol–water partition coefficient (Wildman–Crippen LogP) is 4.97. The normalized spacial score (nSPS) is 24.4. The molecule has 6 nitrogen and oxygen atoms in total. The Morgan fingerprint density at radius 3 is 2.68 bits per heavy atom. The molecule has 0 aliphatic carbocycles. The number of rotatable bonds is 1. The number of hydrogen-bond acceptors (Lipinski definition) is 3. The van der Waals surface area contributed by atoms with Gasteiger partial charge in [0.25, 0.3) is 0 Å². The first-order valence-electron chi connectivity index (χ1n) is 11.8. The van der Waals surface area contributed by atoms with Crippen molar-refractivity contribution in [1.82, 2.24) is 9.80 Å². The van der Waals surface area contributed by atoms with Crippen LogP contribution in [0.2, 0.25) is 5.02 Å². The maximum atomic E-state index is 13.9. The first-order chi connectivity index (χ1) is 16.6. The lowest BCUT2D eigenvalue weighted by molar-refractivity contribution is -0.125. The minimum absolute atomic E-state index is 0.0319. The van der Waals surface area contributed by atoms with Crippen LogP contribution in [0.1, 0.15) is 30.0 Å². The van der Waals surface area contributed by atoms with Crippen molar-refractivity contribution in [3.8, 4) is 0 Å². The molecule has 2 saturated heterocycles. The fourth-order valence-electron chi connectivity index (χ4n) is 6.01. The number of nitrogens with one attached hydrogen (secondary N) is 1.